The van der Waals surface area contributed by atoms with Crippen LogP contribution in [-0.4, -0.2) is 46.4 Å². The van der Waals surface area contributed by atoms with E-state index in [1.165, 1.54) is 24.8 Å². The van der Waals surface area contributed by atoms with Crippen LogP contribution in [0.1, 0.15) is 59.9 Å². The maximum atomic E-state index is 13.7. The van der Waals surface area contributed by atoms with E-state index in [1.807, 2.05) is 61.9 Å². The number of ether oxygens (including phenoxy) is 1. The summed E-state index contributed by atoms with van der Waals surface area (Å²) in [6, 6.07) is 19.8. The number of esters is 1. The van der Waals surface area contributed by atoms with E-state index in [2.05, 4.69) is 39.1 Å². The molecule has 1 atom stereocenters. The monoisotopic (exact) mass is 621 g/mol. The summed E-state index contributed by atoms with van der Waals surface area (Å²) in [6.45, 7) is 11.0. The standard InChI is InChI=1S/C37H40FN5O3/c1-24-22-42(19-17-25-16-18-41(23-25)30-13-8-27(9-14-30)36(45)46-5)33-20-29(12-15-31(24)33)40-35(44)32-21-39-43(37(2,3)4)34(32)26-6-10-28(38)11-7-26/h6-15,20-22,25H,16-19,23H2,1-5H3,(H,40,44). The Balaban J connectivity index is 1.17. The molecule has 1 aliphatic rings. The van der Waals surface area contributed by atoms with Crippen molar-refractivity contribution in [2.24, 2.45) is 5.92 Å². The summed E-state index contributed by atoms with van der Waals surface area (Å²) in [7, 11) is 1.39. The molecule has 0 saturated carbocycles. The lowest BCUT2D eigenvalue weighted by atomic mass is 10.0. The van der Waals surface area contributed by atoms with Gasteiger partial charge in [0.05, 0.1) is 41.2 Å². The second-order valence-electron chi connectivity index (χ2n) is 13.1. The molecule has 2 aromatic heterocycles. The van der Waals surface area contributed by atoms with E-state index >= 15 is 0 Å². The Bertz CT molecular complexity index is 1880. The van der Waals surface area contributed by atoms with Crippen molar-refractivity contribution in [3.8, 4) is 11.3 Å². The van der Waals surface area contributed by atoms with Gasteiger partial charge in [-0.2, -0.15) is 5.10 Å². The number of fused-ring (bicyclic) bond motifs is 1. The van der Waals surface area contributed by atoms with Crippen LogP contribution in [0, 0.1) is 18.7 Å². The maximum absolute atomic E-state index is 13.7. The summed E-state index contributed by atoms with van der Waals surface area (Å²) in [5.41, 5.74) is 6.06. The largest absolute Gasteiger partial charge is 0.465 e. The predicted octanol–water partition coefficient (Wildman–Crippen LogP) is 7.66. The molecule has 1 aliphatic heterocycles. The van der Waals surface area contributed by atoms with Crippen LogP contribution in [-0.2, 0) is 16.8 Å². The number of aryl methyl sites for hydroxylation is 2. The highest BCUT2D eigenvalue weighted by atomic mass is 19.1. The van der Waals surface area contributed by atoms with Gasteiger partial charge in [-0.3, -0.25) is 9.48 Å². The van der Waals surface area contributed by atoms with Crippen molar-refractivity contribution in [3.05, 3.63) is 102 Å². The van der Waals surface area contributed by atoms with Crippen LogP contribution in [0.5, 0.6) is 0 Å². The maximum Gasteiger partial charge on any atom is 0.337 e. The Labute approximate surface area is 268 Å². The molecule has 3 aromatic carbocycles. The van der Waals surface area contributed by atoms with E-state index in [0.29, 0.717) is 28.4 Å². The topological polar surface area (TPSA) is 81.4 Å². The zero-order chi connectivity index (χ0) is 32.6. The van der Waals surface area contributed by atoms with Crippen LogP contribution in [0.4, 0.5) is 15.8 Å². The van der Waals surface area contributed by atoms with Gasteiger partial charge in [0, 0.05) is 48.2 Å². The number of rotatable bonds is 8. The molecule has 1 N–H and O–H groups in total. The highest BCUT2D eigenvalue weighted by Crippen LogP contribution is 2.32. The molecule has 46 heavy (non-hydrogen) atoms. The molecule has 1 saturated heterocycles. The first-order valence-electron chi connectivity index (χ1n) is 15.7. The van der Waals surface area contributed by atoms with E-state index in [4.69, 9.17) is 4.74 Å². The first-order chi connectivity index (χ1) is 22.0. The molecule has 3 heterocycles. The molecule has 238 valence electrons. The van der Waals surface area contributed by atoms with Crippen molar-refractivity contribution in [1.29, 1.82) is 0 Å². The molecule has 0 radical (unpaired) electrons. The Morgan fingerprint density at radius 2 is 1.78 bits per heavy atom. The Kier molecular flexibility index (Phi) is 8.42. The van der Waals surface area contributed by atoms with Crippen molar-refractivity contribution in [1.82, 2.24) is 14.3 Å². The average Bonchev–Trinajstić information content (AvgIpc) is 3.78. The normalized spacial score (nSPS) is 15.0. The SMILES string of the molecule is COC(=O)c1ccc(N2CCC(CCn3cc(C)c4ccc(NC(=O)c5cnn(C(C)(C)C)c5-c5ccc(F)cc5)cc43)C2)cc1. The summed E-state index contributed by atoms with van der Waals surface area (Å²) in [6.07, 6.45) is 5.91. The Morgan fingerprint density at radius 1 is 1.04 bits per heavy atom. The summed E-state index contributed by atoms with van der Waals surface area (Å²) in [5.74, 6) is -0.380. The Morgan fingerprint density at radius 3 is 2.48 bits per heavy atom. The zero-order valence-electron chi connectivity index (χ0n) is 27.0. The average molecular weight is 622 g/mol. The molecule has 6 rings (SSSR count). The van der Waals surface area contributed by atoms with Gasteiger partial charge < -0.3 is 19.5 Å². The van der Waals surface area contributed by atoms with Crippen molar-refractivity contribution < 1.29 is 18.7 Å². The lowest BCUT2D eigenvalue weighted by Crippen LogP contribution is -2.24. The molecule has 5 aromatic rings. The van der Waals surface area contributed by atoms with E-state index in [9.17, 15) is 14.0 Å². The molecule has 0 aliphatic carbocycles. The van der Waals surface area contributed by atoms with E-state index in [-0.39, 0.29) is 23.2 Å². The van der Waals surface area contributed by atoms with Crippen molar-refractivity contribution in [2.75, 3.05) is 30.4 Å². The van der Waals surface area contributed by atoms with Crippen LogP contribution in [0.2, 0.25) is 0 Å². The second-order valence-corrected chi connectivity index (χ2v) is 13.1. The first-order valence-corrected chi connectivity index (χ1v) is 15.7. The van der Waals surface area contributed by atoms with Gasteiger partial charge in [-0.15, -0.1) is 0 Å². The number of anilines is 2. The van der Waals surface area contributed by atoms with Gasteiger partial charge in [-0.1, -0.05) is 6.07 Å². The molecule has 8 nitrogen and oxygen atoms in total. The van der Waals surface area contributed by atoms with Gasteiger partial charge in [0.15, 0.2) is 0 Å². The number of carbonyl (C=O) groups excluding carboxylic acids is 2. The molecule has 1 unspecified atom stereocenters. The first kappa shape index (κ1) is 31.1. The van der Waals surface area contributed by atoms with E-state index in [0.717, 1.165) is 54.6 Å². The number of amides is 1. The molecule has 1 amide bonds. The number of methoxy groups -OCH3 is 1. The van der Waals surface area contributed by atoms with Crippen LogP contribution in [0.15, 0.2) is 79.1 Å². The van der Waals surface area contributed by atoms with Crippen molar-refractivity contribution in [3.63, 3.8) is 0 Å². The van der Waals surface area contributed by atoms with Gasteiger partial charge >= 0.3 is 5.97 Å². The van der Waals surface area contributed by atoms with Crippen LogP contribution in [0.25, 0.3) is 22.2 Å². The lowest BCUT2D eigenvalue weighted by molar-refractivity contribution is 0.0600. The van der Waals surface area contributed by atoms with Gasteiger partial charge in [-0.05, 0) is 113 Å². The summed E-state index contributed by atoms with van der Waals surface area (Å²) in [5, 5.41) is 8.80. The number of halogens is 1. The fourth-order valence-corrected chi connectivity index (χ4v) is 6.40. The Hall–Kier alpha value is -4.92. The molecule has 0 bridgehead atoms. The fraction of sp³-hybridized carbons (Fsp3) is 0.324. The minimum atomic E-state index is -0.384. The second kappa shape index (κ2) is 12.5. The molecule has 0 spiro atoms. The number of hydrogen-bond donors (Lipinski definition) is 1. The van der Waals surface area contributed by atoms with Crippen molar-refractivity contribution in [2.45, 2.75) is 52.6 Å². The zero-order valence-corrected chi connectivity index (χ0v) is 27.0. The molecule has 1 fully saturated rings. The molecular formula is C37H40FN5O3. The molecular weight excluding hydrogens is 581 g/mol. The number of hydrogen-bond acceptors (Lipinski definition) is 5. The van der Waals surface area contributed by atoms with E-state index < -0.39 is 0 Å². The molecule has 9 heteroatoms. The third-order valence-electron chi connectivity index (χ3n) is 8.82. The number of benzene rings is 3. The lowest BCUT2D eigenvalue weighted by Gasteiger charge is -2.23. The third kappa shape index (κ3) is 6.27. The number of carbonyl (C=O) groups is 2. The number of nitrogens with zero attached hydrogens (tertiary/aromatic N) is 4. The predicted molar refractivity (Wildman–Crippen MR) is 180 cm³/mol. The van der Waals surface area contributed by atoms with Gasteiger partial charge in [0.25, 0.3) is 5.91 Å². The summed E-state index contributed by atoms with van der Waals surface area (Å²) in [4.78, 5) is 27.8. The minimum Gasteiger partial charge on any atom is -0.465 e. The van der Waals surface area contributed by atoms with Crippen LogP contribution < -0.4 is 10.2 Å². The summed E-state index contributed by atoms with van der Waals surface area (Å²) >= 11 is 0. The van der Waals surface area contributed by atoms with Gasteiger partial charge in [0.2, 0.25) is 0 Å². The van der Waals surface area contributed by atoms with Crippen LogP contribution >= 0.6 is 0 Å². The van der Waals surface area contributed by atoms with Gasteiger partial charge in [-0.25, -0.2) is 9.18 Å². The number of aromatic nitrogens is 3. The van der Waals surface area contributed by atoms with Crippen LogP contribution in [0.3, 0.4) is 0 Å². The number of nitrogens with one attached hydrogen (secondary N) is 1. The smallest absolute Gasteiger partial charge is 0.337 e. The highest BCUT2D eigenvalue weighted by Gasteiger charge is 2.26. The summed E-state index contributed by atoms with van der Waals surface area (Å²) < 4.78 is 22.6. The van der Waals surface area contributed by atoms with Crippen molar-refractivity contribution >= 4 is 34.2 Å². The third-order valence-corrected chi connectivity index (χ3v) is 8.82. The fourth-order valence-electron chi connectivity index (χ4n) is 6.40. The van der Waals surface area contributed by atoms with Gasteiger partial charge in [0.1, 0.15) is 5.82 Å². The quantitative estimate of drug-likeness (QED) is 0.180. The minimum absolute atomic E-state index is 0.269. The van der Waals surface area contributed by atoms with E-state index in [1.54, 1.807) is 18.3 Å². The highest BCUT2D eigenvalue weighted by molar-refractivity contribution is 6.08.